The molecule has 2 rings (SSSR count). The molecule has 1 aliphatic rings. The third-order valence-corrected chi connectivity index (χ3v) is 2.77. The first-order valence-corrected chi connectivity index (χ1v) is 4.95. The van der Waals surface area contributed by atoms with Gasteiger partial charge in [-0.2, -0.15) is 0 Å². The van der Waals surface area contributed by atoms with Gasteiger partial charge in [0, 0.05) is 12.1 Å². The Labute approximate surface area is 78.7 Å². The molecule has 72 valence electrons. The summed E-state index contributed by atoms with van der Waals surface area (Å²) in [7, 11) is 0. The van der Waals surface area contributed by atoms with Crippen LogP contribution in [-0.2, 0) is 6.54 Å². The Morgan fingerprint density at radius 1 is 1.54 bits per heavy atom. The molecule has 0 aliphatic carbocycles. The Bertz CT molecular complexity index is 237. The SMILES string of the molecule is CC1CCN(Cc2cnoc2)CC1. The average molecular weight is 180 g/mol. The summed E-state index contributed by atoms with van der Waals surface area (Å²) in [5.74, 6) is 0.902. The van der Waals surface area contributed by atoms with E-state index in [-0.39, 0.29) is 0 Å². The van der Waals surface area contributed by atoms with Gasteiger partial charge in [0.2, 0.25) is 0 Å². The first kappa shape index (κ1) is 8.75. The number of aromatic nitrogens is 1. The van der Waals surface area contributed by atoms with Crippen molar-refractivity contribution < 1.29 is 4.52 Å². The third kappa shape index (κ3) is 2.31. The molecule has 13 heavy (non-hydrogen) atoms. The summed E-state index contributed by atoms with van der Waals surface area (Å²) in [6.07, 6.45) is 6.19. The van der Waals surface area contributed by atoms with Gasteiger partial charge in [-0.25, -0.2) is 0 Å². The molecule has 0 N–H and O–H groups in total. The Hall–Kier alpha value is -0.830. The minimum absolute atomic E-state index is 0.902. The summed E-state index contributed by atoms with van der Waals surface area (Å²) < 4.78 is 4.80. The maximum Gasteiger partial charge on any atom is 0.128 e. The van der Waals surface area contributed by atoms with Gasteiger partial charge in [0.25, 0.3) is 0 Å². The predicted octanol–water partition coefficient (Wildman–Crippen LogP) is 1.91. The van der Waals surface area contributed by atoms with Gasteiger partial charge in [0.1, 0.15) is 6.26 Å². The van der Waals surface area contributed by atoms with Crippen molar-refractivity contribution in [2.45, 2.75) is 26.3 Å². The second-order valence-corrected chi connectivity index (χ2v) is 3.99. The maximum atomic E-state index is 4.80. The molecule has 3 nitrogen and oxygen atoms in total. The molecule has 0 aromatic carbocycles. The van der Waals surface area contributed by atoms with Gasteiger partial charge in [-0.3, -0.25) is 4.90 Å². The fraction of sp³-hybridized carbons (Fsp3) is 0.700. The largest absolute Gasteiger partial charge is 0.364 e. The van der Waals surface area contributed by atoms with E-state index in [1.807, 2.05) is 0 Å². The van der Waals surface area contributed by atoms with Crippen molar-refractivity contribution in [2.75, 3.05) is 13.1 Å². The lowest BCUT2D eigenvalue weighted by atomic mass is 9.99. The second kappa shape index (κ2) is 3.92. The summed E-state index contributed by atoms with van der Waals surface area (Å²) in [6, 6.07) is 0. The summed E-state index contributed by atoms with van der Waals surface area (Å²) in [6.45, 7) is 5.76. The molecule has 2 heterocycles. The monoisotopic (exact) mass is 180 g/mol. The molecule has 0 unspecified atom stereocenters. The van der Waals surface area contributed by atoms with Gasteiger partial charge in [-0.15, -0.1) is 0 Å². The van der Waals surface area contributed by atoms with Crippen molar-refractivity contribution in [3.05, 3.63) is 18.0 Å². The number of piperidine rings is 1. The quantitative estimate of drug-likeness (QED) is 0.696. The maximum absolute atomic E-state index is 4.80. The van der Waals surface area contributed by atoms with E-state index >= 15 is 0 Å². The van der Waals surface area contributed by atoms with Crippen molar-refractivity contribution in [3.63, 3.8) is 0 Å². The Kier molecular flexibility index (Phi) is 2.64. The molecule has 0 bridgehead atoms. The van der Waals surface area contributed by atoms with Crippen LogP contribution < -0.4 is 0 Å². The molecule has 1 aromatic rings. The van der Waals surface area contributed by atoms with E-state index in [9.17, 15) is 0 Å². The Morgan fingerprint density at radius 2 is 2.31 bits per heavy atom. The number of nitrogens with zero attached hydrogens (tertiary/aromatic N) is 2. The first-order chi connectivity index (χ1) is 6.34. The zero-order chi connectivity index (χ0) is 9.10. The van der Waals surface area contributed by atoms with Crippen LogP contribution in [0.5, 0.6) is 0 Å². The van der Waals surface area contributed by atoms with Crippen LogP contribution in [0.15, 0.2) is 17.0 Å². The van der Waals surface area contributed by atoms with Crippen LogP contribution in [0.2, 0.25) is 0 Å². The van der Waals surface area contributed by atoms with Crippen LogP contribution in [0.3, 0.4) is 0 Å². The van der Waals surface area contributed by atoms with E-state index in [1.165, 1.54) is 31.5 Å². The fourth-order valence-corrected chi connectivity index (χ4v) is 1.78. The van der Waals surface area contributed by atoms with Crippen LogP contribution in [0.4, 0.5) is 0 Å². The van der Waals surface area contributed by atoms with E-state index in [0.717, 1.165) is 12.5 Å². The molecule has 1 saturated heterocycles. The van der Waals surface area contributed by atoms with Gasteiger partial charge < -0.3 is 4.52 Å². The Morgan fingerprint density at radius 3 is 2.92 bits per heavy atom. The molecule has 0 spiro atoms. The average Bonchev–Trinajstić information content (AvgIpc) is 2.62. The minimum Gasteiger partial charge on any atom is -0.364 e. The standard InChI is InChI=1S/C10H16N2O/c1-9-2-4-12(5-3-9)7-10-6-11-13-8-10/h6,8-9H,2-5,7H2,1H3. The van der Waals surface area contributed by atoms with Crippen molar-refractivity contribution in [1.29, 1.82) is 0 Å². The van der Waals surface area contributed by atoms with Crippen LogP contribution in [0, 0.1) is 5.92 Å². The number of rotatable bonds is 2. The lowest BCUT2D eigenvalue weighted by Gasteiger charge is -2.29. The number of likely N-dealkylation sites (tertiary alicyclic amines) is 1. The molecule has 1 fully saturated rings. The van der Waals surface area contributed by atoms with Crippen LogP contribution >= 0.6 is 0 Å². The normalized spacial score (nSPS) is 20.7. The summed E-state index contributed by atoms with van der Waals surface area (Å²) in [4.78, 5) is 2.46. The van der Waals surface area contributed by atoms with E-state index < -0.39 is 0 Å². The highest BCUT2D eigenvalue weighted by Gasteiger charge is 2.15. The highest BCUT2D eigenvalue weighted by molar-refractivity contribution is 4.99. The van der Waals surface area contributed by atoms with Gasteiger partial charge in [-0.05, 0) is 31.8 Å². The van der Waals surface area contributed by atoms with E-state index in [1.54, 1.807) is 12.5 Å². The van der Waals surface area contributed by atoms with Crippen LogP contribution in [0.25, 0.3) is 0 Å². The fourth-order valence-electron chi connectivity index (χ4n) is 1.78. The minimum atomic E-state index is 0.902. The smallest absolute Gasteiger partial charge is 0.128 e. The van der Waals surface area contributed by atoms with Crippen molar-refractivity contribution in [1.82, 2.24) is 10.1 Å². The third-order valence-electron chi connectivity index (χ3n) is 2.77. The number of hydrogen-bond donors (Lipinski definition) is 0. The zero-order valence-electron chi connectivity index (χ0n) is 8.07. The Balaban J connectivity index is 1.83. The van der Waals surface area contributed by atoms with E-state index in [2.05, 4.69) is 17.0 Å². The molecule has 0 saturated carbocycles. The number of hydrogen-bond acceptors (Lipinski definition) is 3. The van der Waals surface area contributed by atoms with Crippen molar-refractivity contribution >= 4 is 0 Å². The lowest BCUT2D eigenvalue weighted by Crippen LogP contribution is -2.32. The lowest BCUT2D eigenvalue weighted by molar-refractivity contribution is 0.185. The zero-order valence-corrected chi connectivity index (χ0v) is 8.07. The summed E-state index contributed by atoms with van der Waals surface area (Å²) in [5.41, 5.74) is 1.19. The van der Waals surface area contributed by atoms with Crippen molar-refractivity contribution in [3.8, 4) is 0 Å². The van der Waals surface area contributed by atoms with Gasteiger partial charge >= 0.3 is 0 Å². The van der Waals surface area contributed by atoms with E-state index in [0.29, 0.717) is 0 Å². The highest BCUT2D eigenvalue weighted by Crippen LogP contribution is 2.17. The van der Waals surface area contributed by atoms with E-state index in [4.69, 9.17) is 4.52 Å². The highest BCUT2D eigenvalue weighted by atomic mass is 16.5. The second-order valence-electron chi connectivity index (χ2n) is 3.99. The first-order valence-electron chi connectivity index (χ1n) is 4.95. The van der Waals surface area contributed by atoms with Crippen LogP contribution in [0.1, 0.15) is 25.3 Å². The van der Waals surface area contributed by atoms with Gasteiger partial charge in [-0.1, -0.05) is 12.1 Å². The predicted molar refractivity (Wildman–Crippen MR) is 50.2 cm³/mol. The molecule has 0 atom stereocenters. The molecule has 1 aromatic heterocycles. The van der Waals surface area contributed by atoms with Crippen LogP contribution in [-0.4, -0.2) is 23.1 Å². The topological polar surface area (TPSA) is 29.3 Å². The van der Waals surface area contributed by atoms with Gasteiger partial charge in [0.05, 0.1) is 6.20 Å². The molecular formula is C10H16N2O. The summed E-state index contributed by atoms with van der Waals surface area (Å²) in [5, 5.41) is 3.70. The van der Waals surface area contributed by atoms with Crippen molar-refractivity contribution in [2.24, 2.45) is 5.92 Å². The molecule has 0 radical (unpaired) electrons. The molecular weight excluding hydrogens is 164 g/mol. The molecule has 3 heteroatoms. The molecule has 1 aliphatic heterocycles. The summed E-state index contributed by atoms with van der Waals surface area (Å²) >= 11 is 0. The van der Waals surface area contributed by atoms with Gasteiger partial charge in [0.15, 0.2) is 0 Å². The molecule has 0 amide bonds.